The molecule has 0 bridgehead atoms. The van der Waals surface area contributed by atoms with E-state index in [0.717, 1.165) is 29.9 Å². The molecule has 1 unspecified atom stereocenters. The Hall–Kier alpha value is -1.06. The molecule has 0 aliphatic heterocycles. The molecule has 0 aliphatic carbocycles. The van der Waals surface area contributed by atoms with Gasteiger partial charge in [-0.2, -0.15) is 0 Å². The zero-order chi connectivity index (χ0) is 12.0. The van der Waals surface area contributed by atoms with Crippen LogP contribution < -0.4 is 10.5 Å². The van der Waals surface area contributed by atoms with Crippen LogP contribution >= 0.6 is 0 Å². The van der Waals surface area contributed by atoms with Gasteiger partial charge in [0, 0.05) is 6.61 Å². The van der Waals surface area contributed by atoms with Gasteiger partial charge in [0.15, 0.2) is 0 Å². The molecule has 1 atom stereocenters. The molecule has 0 heterocycles. The summed E-state index contributed by atoms with van der Waals surface area (Å²) in [5, 5.41) is 0. The molecule has 3 heteroatoms. The highest BCUT2D eigenvalue weighted by molar-refractivity contribution is 5.36. The van der Waals surface area contributed by atoms with Crippen molar-refractivity contribution in [3.8, 4) is 5.75 Å². The Balaban J connectivity index is 2.64. The maximum absolute atomic E-state index is 6.06. The molecule has 0 saturated carbocycles. The van der Waals surface area contributed by atoms with E-state index in [1.54, 1.807) is 7.11 Å². The van der Waals surface area contributed by atoms with Crippen LogP contribution in [-0.2, 0) is 4.74 Å². The zero-order valence-corrected chi connectivity index (χ0v) is 10.3. The van der Waals surface area contributed by atoms with Crippen molar-refractivity contribution in [1.29, 1.82) is 0 Å². The lowest BCUT2D eigenvalue weighted by atomic mass is 10.0. The van der Waals surface area contributed by atoms with Crippen LogP contribution in [0.5, 0.6) is 5.75 Å². The second-order valence-electron chi connectivity index (χ2n) is 3.90. The number of ether oxygens (including phenoxy) is 2. The molecule has 0 fully saturated rings. The van der Waals surface area contributed by atoms with Crippen LogP contribution in [-0.4, -0.2) is 20.3 Å². The van der Waals surface area contributed by atoms with Gasteiger partial charge < -0.3 is 15.2 Å². The first kappa shape index (κ1) is 13.0. The average Bonchev–Trinajstić information content (AvgIpc) is 2.29. The zero-order valence-electron chi connectivity index (χ0n) is 10.3. The van der Waals surface area contributed by atoms with E-state index in [9.17, 15) is 0 Å². The number of rotatable bonds is 6. The normalized spacial score (nSPS) is 12.5. The Labute approximate surface area is 97.6 Å². The molecule has 0 saturated heterocycles. The lowest BCUT2D eigenvalue weighted by Crippen LogP contribution is -2.18. The quantitative estimate of drug-likeness (QED) is 0.753. The molecule has 0 amide bonds. The van der Waals surface area contributed by atoms with E-state index in [1.165, 1.54) is 0 Å². The molecule has 3 nitrogen and oxygen atoms in total. The molecule has 1 aromatic rings. The molecule has 0 radical (unpaired) electrons. The third kappa shape index (κ3) is 3.51. The standard InChI is InChI=1S/C13H21NO2/c1-4-7-16-9-13(14)12-6-5-11(15-3)8-10(12)2/h5-6,8,13H,4,7,9,14H2,1-3H3. The molecular weight excluding hydrogens is 202 g/mol. The second kappa shape index (κ2) is 6.51. The number of hydrogen-bond acceptors (Lipinski definition) is 3. The average molecular weight is 223 g/mol. The van der Waals surface area contributed by atoms with Crippen molar-refractivity contribution in [3.63, 3.8) is 0 Å². The maximum Gasteiger partial charge on any atom is 0.119 e. The van der Waals surface area contributed by atoms with Gasteiger partial charge in [-0.05, 0) is 36.6 Å². The Kier molecular flexibility index (Phi) is 5.29. The summed E-state index contributed by atoms with van der Waals surface area (Å²) in [6.07, 6.45) is 1.02. The van der Waals surface area contributed by atoms with Crippen LogP contribution in [0.15, 0.2) is 18.2 Å². The number of aryl methyl sites for hydroxylation is 1. The highest BCUT2D eigenvalue weighted by Gasteiger charge is 2.09. The minimum Gasteiger partial charge on any atom is -0.497 e. The highest BCUT2D eigenvalue weighted by Crippen LogP contribution is 2.21. The van der Waals surface area contributed by atoms with Gasteiger partial charge in [0.25, 0.3) is 0 Å². The molecule has 1 rings (SSSR count). The number of methoxy groups -OCH3 is 1. The van der Waals surface area contributed by atoms with Crippen LogP contribution in [0.25, 0.3) is 0 Å². The van der Waals surface area contributed by atoms with E-state index in [-0.39, 0.29) is 6.04 Å². The topological polar surface area (TPSA) is 44.5 Å². The summed E-state index contributed by atoms with van der Waals surface area (Å²) in [7, 11) is 1.67. The van der Waals surface area contributed by atoms with E-state index in [0.29, 0.717) is 6.61 Å². The van der Waals surface area contributed by atoms with Crippen molar-refractivity contribution in [3.05, 3.63) is 29.3 Å². The minimum atomic E-state index is -0.0579. The summed E-state index contributed by atoms with van der Waals surface area (Å²) in [6.45, 7) is 5.46. The van der Waals surface area contributed by atoms with Gasteiger partial charge in [-0.25, -0.2) is 0 Å². The van der Waals surface area contributed by atoms with Crippen molar-refractivity contribution in [2.45, 2.75) is 26.3 Å². The molecule has 1 aromatic carbocycles. The fourth-order valence-corrected chi connectivity index (χ4v) is 1.64. The largest absolute Gasteiger partial charge is 0.497 e. The first-order valence-corrected chi connectivity index (χ1v) is 5.67. The lowest BCUT2D eigenvalue weighted by molar-refractivity contribution is 0.121. The Morgan fingerprint density at radius 2 is 2.12 bits per heavy atom. The van der Waals surface area contributed by atoms with Crippen molar-refractivity contribution in [1.82, 2.24) is 0 Å². The molecule has 0 aliphatic rings. The molecule has 2 N–H and O–H groups in total. The van der Waals surface area contributed by atoms with Gasteiger partial charge in [-0.15, -0.1) is 0 Å². The second-order valence-corrected chi connectivity index (χ2v) is 3.90. The van der Waals surface area contributed by atoms with Crippen molar-refractivity contribution >= 4 is 0 Å². The number of hydrogen-bond donors (Lipinski definition) is 1. The molecule has 90 valence electrons. The fourth-order valence-electron chi connectivity index (χ4n) is 1.64. The third-order valence-corrected chi connectivity index (χ3v) is 2.52. The summed E-state index contributed by atoms with van der Waals surface area (Å²) in [5.74, 6) is 0.864. The SMILES string of the molecule is CCCOCC(N)c1ccc(OC)cc1C. The van der Waals surface area contributed by atoms with Gasteiger partial charge in [-0.1, -0.05) is 13.0 Å². The number of benzene rings is 1. The number of nitrogens with two attached hydrogens (primary N) is 1. The third-order valence-electron chi connectivity index (χ3n) is 2.52. The van der Waals surface area contributed by atoms with Gasteiger partial charge in [0.05, 0.1) is 19.8 Å². The van der Waals surface area contributed by atoms with Gasteiger partial charge in [0.2, 0.25) is 0 Å². The van der Waals surface area contributed by atoms with Crippen LogP contribution in [0.3, 0.4) is 0 Å². The van der Waals surface area contributed by atoms with Crippen molar-refractivity contribution in [2.75, 3.05) is 20.3 Å². The minimum absolute atomic E-state index is 0.0579. The smallest absolute Gasteiger partial charge is 0.119 e. The first-order chi connectivity index (χ1) is 7.69. The Bertz CT molecular complexity index is 326. The summed E-state index contributed by atoms with van der Waals surface area (Å²) < 4.78 is 10.6. The first-order valence-electron chi connectivity index (χ1n) is 5.67. The van der Waals surface area contributed by atoms with Crippen LogP contribution in [0, 0.1) is 6.92 Å². The monoisotopic (exact) mass is 223 g/mol. The van der Waals surface area contributed by atoms with Crippen LogP contribution in [0.4, 0.5) is 0 Å². The summed E-state index contributed by atoms with van der Waals surface area (Å²) in [5.41, 5.74) is 8.33. The van der Waals surface area contributed by atoms with Gasteiger partial charge in [0.1, 0.15) is 5.75 Å². The summed E-state index contributed by atoms with van der Waals surface area (Å²) in [6, 6.07) is 5.88. The molecule has 0 spiro atoms. The summed E-state index contributed by atoms with van der Waals surface area (Å²) >= 11 is 0. The van der Waals surface area contributed by atoms with Crippen LogP contribution in [0.1, 0.15) is 30.5 Å². The predicted molar refractivity (Wildman–Crippen MR) is 65.8 cm³/mol. The maximum atomic E-state index is 6.06. The Morgan fingerprint density at radius 1 is 1.38 bits per heavy atom. The molecule has 0 aromatic heterocycles. The van der Waals surface area contributed by atoms with E-state index in [2.05, 4.69) is 6.92 Å². The van der Waals surface area contributed by atoms with E-state index in [4.69, 9.17) is 15.2 Å². The van der Waals surface area contributed by atoms with E-state index in [1.807, 2.05) is 25.1 Å². The van der Waals surface area contributed by atoms with Crippen molar-refractivity contribution in [2.24, 2.45) is 5.73 Å². The summed E-state index contributed by atoms with van der Waals surface area (Å²) in [4.78, 5) is 0. The lowest BCUT2D eigenvalue weighted by Gasteiger charge is -2.15. The molecular formula is C13H21NO2. The fraction of sp³-hybridized carbons (Fsp3) is 0.538. The van der Waals surface area contributed by atoms with Gasteiger partial charge >= 0.3 is 0 Å². The highest BCUT2D eigenvalue weighted by atomic mass is 16.5. The molecule has 16 heavy (non-hydrogen) atoms. The van der Waals surface area contributed by atoms with Gasteiger partial charge in [-0.3, -0.25) is 0 Å². The van der Waals surface area contributed by atoms with E-state index >= 15 is 0 Å². The van der Waals surface area contributed by atoms with Crippen molar-refractivity contribution < 1.29 is 9.47 Å². The Morgan fingerprint density at radius 3 is 2.69 bits per heavy atom. The van der Waals surface area contributed by atoms with E-state index < -0.39 is 0 Å². The van der Waals surface area contributed by atoms with Crippen LogP contribution in [0.2, 0.25) is 0 Å². The predicted octanol–water partition coefficient (Wildman–Crippen LogP) is 2.43.